The van der Waals surface area contributed by atoms with E-state index in [1.165, 1.54) is 18.5 Å². The molecule has 1 N–H and O–H groups in total. The molecular weight excluding hydrogens is 238 g/mol. The molecule has 1 aromatic rings. The molecule has 2 fully saturated rings. The van der Waals surface area contributed by atoms with Gasteiger partial charge < -0.3 is 14.6 Å². The highest BCUT2D eigenvalue weighted by Crippen LogP contribution is 2.35. The number of hydrogen-bond donors (Lipinski definition) is 1. The molecular formula is C15H25N3O. The van der Waals surface area contributed by atoms with Crippen molar-refractivity contribution in [2.45, 2.75) is 18.9 Å². The molecule has 4 nitrogen and oxygen atoms in total. The van der Waals surface area contributed by atoms with E-state index in [1.807, 2.05) is 0 Å². The molecule has 2 saturated heterocycles. The maximum absolute atomic E-state index is 5.55. The summed E-state index contributed by atoms with van der Waals surface area (Å²) in [6.45, 7) is 6.41. The Morgan fingerprint density at radius 1 is 1.26 bits per heavy atom. The maximum atomic E-state index is 5.55. The molecule has 0 aromatic carbocycles. The van der Waals surface area contributed by atoms with Crippen molar-refractivity contribution in [3.05, 3.63) is 24.0 Å². The number of hydrogen-bond acceptors (Lipinski definition) is 3. The van der Waals surface area contributed by atoms with Gasteiger partial charge in [-0.15, -0.1) is 0 Å². The Morgan fingerprint density at radius 2 is 2.00 bits per heavy atom. The van der Waals surface area contributed by atoms with Crippen molar-refractivity contribution >= 4 is 0 Å². The Balaban J connectivity index is 1.83. The van der Waals surface area contributed by atoms with Gasteiger partial charge in [0.1, 0.15) is 0 Å². The van der Waals surface area contributed by atoms with Gasteiger partial charge >= 0.3 is 0 Å². The lowest BCUT2D eigenvalue weighted by molar-refractivity contribution is 0.0193. The predicted molar refractivity (Wildman–Crippen MR) is 76.1 cm³/mol. The van der Waals surface area contributed by atoms with Crippen molar-refractivity contribution in [3.63, 3.8) is 0 Å². The molecule has 0 aliphatic carbocycles. The first-order valence-corrected chi connectivity index (χ1v) is 7.50. The first-order chi connectivity index (χ1) is 9.36. The molecule has 19 heavy (non-hydrogen) atoms. The summed E-state index contributed by atoms with van der Waals surface area (Å²) in [5.41, 5.74) is 1.47. The molecule has 0 spiro atoms. The lowest BCUT2D eigenvalue weighted by Gasteiger charge is -2.41. The van der Waals surface area contributed by atoms with Gasteiger partial charge in [0, 0.05) is 58.3 Å². The molecule has 1 atom stereocenters. The Bertz CT molecular complexity index is 374. The van der Waals surface area contributed by atoms with Gasteiger partial charge in [-0.1, -0.05) is 0 Å². The van der Waals surface area contributed by atoms with E-state index in [0.29, 0.717) is 6.04 Å². The third-order valence-electron chi connectivity index (χ3n) is 4.54. The molecule has 0 saturated carbocycles. The van der Waals surface area contributed by atoms with Crippen LogP contribution < -0.4 is 5.32 Å². The Kier molecular flexibility index (Phi) is 4.21. The number of aromatic nitrogens is 1. The largest absolute Gasteiger partial charge is 0.381 e. The monoisotopic (exact) mass is 263 g/mol. The van der Waals surface area contributed by atoms with Gasteiger partial charge in [0.25, 0.3) is 0 Å². The summed E-state index contributed by atoms with van der Waals surface area (Å²) in [6, 6.07) is 5.03. The summed E-state index contributed by atoms with van der Waals surface area (Å²) in [7, 11) is 2.17. The smallest absolute Gasteiger partial charge is 0.0531 e. The third kappa shape index (κ3) is 2.86. The van der Waals surface area contributed by atoms with Gasteiger partial charge in [-0.2, -0.15) is 0 Å². The second-order valence-corrected chi connectivity index (χ2v) is 5.72. The SMILES string of the molecule is Cn1cccc1[C@H](C1CCOCC1)N1CCNCC1. The molecule has 0 amide bonds. The summed E-state index contributed by atoms with van der Waals surface area (Å²) < 4.78 is 7.84. The van der Waals surface area contributed by atoms with E-state index >= 15 is 0 Å². The van der Waals surface area contributed by atoms with Gasteiger partial charge in [0.2, 0.25) is 0 Å². The average molecular weight is 263 g/mol. The first kappa shape index (κ1) is 13.2. The lowest BCUT2D eigenvalue weighted by Crippen LogP contribution is -2.48. The highest BCUT2D eigenvalue weighted by Gasteiger charge is 2.32. The van der Waals surface area contributed by atoms with E-state index in [1.54, 1.807) is 0 Å². The summed E-state index contributed by atoms with van der Waals surface area (Å²) in [6.07, 6.45) is 4.56. The van der Waals surface area contributed by atoms with E-state index in [-0.39, 0.29) is 0 Å². The van der Waals surface area contributed by atoms with Crippen molar-refractivity contribution in [3.8, 4) is 0 Å². The van der Waals surface area contributed by atoms with Crippen molar-refractivity contribution in [1.29, 1.82) is 0 Å². The van der Waals surface area contributed by atoms with E-state index in [9.17, 15) is 0 Å². The van der Waals surface area contributed by atoms with Gasteiger partial charge in [-0.05, 0) is 30.9 Å². The van der Waals surface area contributed by atoms with Crippen LogP contribution in [-0.4, -0.2) is 48.9 Å². The van der Waals surface area contributed by atoms with Crippen molar-refractivity contribution in [2.75, 3.05) is 39.4 Å². The van der Waals surface area contributed by atoms with E-state index in [0.717, 1.165) is 45.3 Å². The summed E-state index contributed by atoms with van der Waals surface area (Å²) in [4.78, 5) is 2.67. The molecule has 3 rings (SSSR count). The third-order valence-corrected chi connectivity index (χ3v) is 4.54. The highest BCUT2D eigenvalue weighted by atomic mass is 16.5. The van der Waals surface area contributed by atoms with Crippen LogP contribution in [0.25, 0.3) is 0 Å². The topological polar surface area (TPSA) is 29.4 Å². The highest BCUT2D eigenvalue weighted by molar-refractivity contribution is 5.14. The fourth-order valence-corrected chi connectivity index (χ4v) is 3.50. The average Bonchev–Trinajstić information content (AvgIpc) is 2.88. The molecule has 0 bridgehead atoms. The van der Waals surface area contributed by atoms with Crippen molar-refractivity contribution in [2.24, 2.45) is 13.0 Å². The maximum Gasteiger partial charge on any atom is 0.0531 e. The Morgan fingerprint density at radius 3 is 2.63 bits per heavy atom. The van der Waals surface area contributed by atoms with Crippen LogP contribution in [0, 0.1) is 5.92 Å². The van der Waals surface area contributed by atoms with Crippen LogP contribution in [0.3, 0.4) is 0 Å². The van der Waals surface area contributed by atoms with E-state index < -0.39 is 0 Å². The van der Waals surface area contributed by atoms with Gasteiger partial charge in [-0.3, -0.25) is 4.90 Å². The molecule has 106 valence electrons. The minimum atomic E-state index is 0.561. The van der Waals surface area contributed by atoms with E-state index in [4.69, 9.17) is 4.74 Å². The number of nitrogens with zero attached hydrogens (tertiary/aromatic N) is 2. The minimum Gasteiger partial charge on any atom is -0.381 e. The second-order valence-electron chi connectivity index (χ2n) is 5.72. The fraction of sp³-hybridized carbons (Fsp3) is 0.733. The molecule has 3 heterocycles. The van der Waals surface area contributed by atoms with Crippen LogP contribution in [-0.2, 0) is 11.8 Å². The molecule has 4 heteroatoms. The lowest BCUT2D eigenvalue weighted by atomic mass is 9.88. The van der Waals surface area contributed by atoms with Gasteiger partial charge in [0.05, 0.1) is 6.04 Å². The number of aryl methyl sites for hydroxylation is 1. The number of ether oxygens (including phenoxy) is 1. The number of piperazine rings is 1. The fourth-order valence-electron chi connectivity index (χ4n) is 3.50. The van der Waals surface area contributed by atoms with E-state index in [2.05, 4.69) is 40.2 Å². The summed E-state index contributed by atoms with van der Waals surface area (Å²) >= 11 is 0. The molecule has 0 radical (unpaired) electrons. The van der Waals surface area contributed by atoms with Crippen LogP contribution in [0.1, 0.15) is 24.6 Å². The van der Waals surface area contributed by atoms with Crippen LogP contribution in [0.5, 0.6) is 0 Å². The summed E-state index contributed by atoms with van der Waals surface area (Å²) in [5, 5.41) is 3.46. The summed E-state index contributed by atoms with van der Waals surface area (Å²) in [5.74, 6) is 0.737. The van der Waals surface area contributed by atoms with Crippen LogP contribution in [0.4, 0.5) is 0 Å². The number of rotatable bonds is 3. The normalized spacial score (nSPS) is 24.5. The Hall–Kier alpha value is -0.840. The zero-order chi connectivity index (χ0) is 13.1. The van der Waals surface area contributed by atoms with Crippen LogP contribution in [0.15, 0.2) is 18.3 Å². The zero-order valence-corrected chi connectivity index (χ0v) is 11.8. The van der Waals surface area contributed by atoms with Crippen molar-refractivity contribution < 1.29 is 4.74 Å². The molecule has 1 aromatic heterocycles. The quantitative estimate of drug-likeness (QED) is 0.894. The molecule has 0 unspecified atom stereocenters. The van der Waals surface area contributed by atoms with Crippen LogP contribution >= 0.6 is 0 Å². The van der Waals surface area contributed by atoms with Crippen LogP contribution in [0.2, 0.25) is 0 Å². The standard InChI is InChI=1S/C15H25N3O/c1-17-8-2-3-14(17)15(13-4-11-19-12-5-13)18-9-6-16-7-10-18/h2-3,8,13,15-16H,4-7,9-12H2,1H3/t15-/m0/s1. The zero-order valence-electron chi connectivity index (χ0n) is 11.8. The predicted octanol–water partition coefficient (Wildman–Crippen LogP) is 1.40. The molecule has 2 aliphatic heterocycles. The van der Waals surface area contributed by atoms with Gasteiger partial charge in [-0.25, -0.2) is 0 Å². The minimum absolute atomic E-state index is 0.561. The number of nitrogens with one attached hydrogen (secondary N) is 1. The first-order valence-electron chi connectivity index (χ1n) is 7.50. The second kappa shape index (κ2) is 6.07. The van der Waals surface area contributed by atoms with Gasteiger partial charge in [0.15, 0.2) is 0 Å². The molecule has 2 aliphatic rings. The Labute approximate surface area is 115 Å². The van der Waals surface area contributed by atoms with Crippen molar-refractivity contribution in [1.82, 2.24) is 14.8 Å².